The molecule has 4 nitrogen and oxygen atoms in total. The number of rotatable bonds is 3. The third kappa shape index (κ3) is 2.38. The van der Waals surface area contributed by atoms with Gasteiger partial charge in [-0.3, -0.25) is 0 Å². The van der Waals surface area contributed by atoms with Crippen molar-refractivity contribution in [1.82, 2.24) is 4.98 Å². The number of carbonyl (C=O) groups is 1. The Hall–Kier alpha value is -1.43. The molecule has 0 unspecified atom stereocenters. The summed E-state index contributed by atoms with van der Waals surface area (Å²) in [7, 11) is 1.15. The van der Waals surface area contributed by atoms with Gasteiger partial charge in [0, 0.05) is 5.88 Å². The molecule has 0 atom stereocenters. The number of ether oxygens (including phenoxy) is 1. The number of nitrogens with two attached hydrogens (primary N) is 1. The van der Waals surface area contributed by atoms with Crippen molar-refractivity contribution in [3.63, 3.8) is 0 Å². The molecule has 1 heterocycles. The van der Waals surface area contributed by atoms with Gasteiger partial charge in [-0.25, -0.2) is 18.6 Å². The predicted octanol–water partition coefficient (Wildman–Crippen LogP) is 2.13. The van der Waals surface area contributed by atoms with Crippen LogP contribution in [0, 0.1) is 0 Å². The normalized spacial score (nSPS) is 10.6. The van der Waals surface area contributed by atoms with Crippen LogP contribution in [0.2, 0.25) is 0 Å². The lowest BCUT2D eigenvalue weighted by Gasteiger charge is -2.10. The van der Waals surface area contributed by atoms with E-state index in [1.54, 1.807) is 0 Å². The van der Waals surface area contributed by atoms with Gasteiger partial charge in [-0.1, -0.05) is 0 Å². The number of alkyl halides is 3. The number of aromatic nitrogens is 1. The van der Waals surface area contributed by atoms with Crippen LogP contribution in [-0.2, 0) is 10.6 Å². The number of hydrogen-bond donors (Lipinski definition) is 1. The molecule has 0 saturated carbocycles. The first-order chi connectivity index (χ1) is 7.51. The Morgan fingerprint density at radius 2 is 2.31 bits per heavy atom. The molecule has 7 heteroatoms. The van der Waals surface area contributed by atoms with Crippen molar-refractivity contribution in [2.75, 3.05) is 12.8 Å². The first kappa shape index (κ1) is 12.6. The summed E-state index contributed by atoms with van der Waals surface area (Å²) in [6.45, 7) is 0. The van der Waals surface area contributed by atoms with E-state index in [0.29, 0.717) is 0 Å². The number of anilines is 1. The molecule has 0 aliphatic rings. The summed E-state index contributed by atoms with van der Waals surface area (Å²) in [5, 5.41) is 0. The van der Waals surface area contributed by atoms with Gasteiger partial charge in [0.15, 0.2) is 5.69 Å². The van der Waals surface area contributed by atoms with Crippen molar-refractivity contribution in [3.05, 3.63) is 22.9 Å². The summed E-state index contributed by atoms with van der Waals surface area (Å²) in [4.78, 5) is 14.7. The Bertz CT molecular complexity index is 413. The Balaban J connectivity index is 3.32. The van der Waals surface area contributed by atoms with E-state index in [-0.39, 0.29) is 17.1 Å². The van der Waals surface area contributed by atoms with E-state index in [2.05, 4.69) is 9.72 Å². The number of hydrogen-bond acceptors (Lipinski definition) is 4. The number of nitrogen functional groups attached to an aromatic ring is 1. The highest BCUT2D eigenvalue weighted by atomic mass is 35.5. The summed E-state index contributed by atoms with van der Waals surface area (Å²) < 4.78 is 29.6. The van der Waals surface area contributed by atoms with Gasteiger partial charge in [0.1, 0.15) is 5.82 Å². The van der Waals surface area contributed by atoms with E-state index >= 15 is 0 Å². The molecular weight excluding hydrogens is 242 g/mol. The summed E-state index contributed by atoms with van der Waals surface area (Å²) in [5.74, 6) is -1.34. The molecule has 0 aliphatic heterocycles. The summed E-state index contributed by atoms with van der Waals surface area (Å²) in [5.41, 5.74) is 4.83. The second kappa shape index (κ2) is 5.07. The van der Waals surface area contributed by atoms with E-state index in [1.807, 2.05) is 0 Å². The van der Waals surface area contributed by atoms with Gasteiger partial charge in [-0.15, -0.1) is 11.6 Å². The maximum absolute atomic E-state index is 12.6. The molecule has 1 aromatic rings. The van der Waals surface area contributed by atoms with E-state index in [0.717, 1.165) is 13.2 Å². The molecule has 0 spiro atoms. The van der Waals surface area contributed by atoms with Crippen LogP contribution in [0.15, 0.2) is 6.07 Å². The quantitative estimate of drug-likeness (QED) is 0.659. The molecule has 0 saturated heterocycles. The van der Waals surface area contributed by atoms with Crippen LogP contribution >= 0.6 is 11.6 Å². The first-order valence-corrected chi connectivity index (χ1v) is 4.76. The van der Waals surface area contributed by atoms with Gasteiger partial charge in [0.2, 0.25) is 0 Å². The smallest absolute Gasteiger partial charge is 0.356 e. The lowest BCUT2D eigenvalue weighted by Crippen LogP contribution is -2.10. The second-order valence-electron chi connectivity index (χ2n) is 2.89. The number of esters is 1. The van der Waals surface area contributed by atoms with E-state index in [1.165, 1.54) is 0 Å². The number of nitrogens with zero attached hydrogens (tertiary/aromatic N) is 1. The minimum absolute atomic E-state index is 0.0737. The van der Waals surface area contributed by atoms with Gasteiger partial charge in [0.25, 0.3) is 6.43 Å². The fourth-order valence-electron chi connectivity index (χ4n) is 1.20. The van der Waals surface area contributed by atoms with Gasteiger partial charge in [-0.2, -0.15) is 0 Å². The Morgan fingerprint density at radius 3 is 2.75 bits per heavy atom. The van der Waals surface area contributed by atoms with Crippen LogP contribution in [-0.4, -0.2) is 18.1 Å². The lowest BCUT2D eigenvalue weighted by atomic mass is 10.1. The molecule has 0 amide bonds. The van der Waals surface area contributed by atoms with E-state index < -0.39 is 23.8 Å². The molecule has 0 fully saturated rings. The molecule has 88 valence electrons. The van der Waals surface area contributed by atoms with Crippen LogP contribution in [0.3, 0.4) is 0 Å². The second-order valence-corrected chi connectivity index (χ2v) is 3.16. The minimum atomic E-state index is -2.78. The SMILES string of the molecule is COC(=O)c1cc(CCl)c(C(F)F)c(N)n1. The zero-order valence-electron chi connectivity index (χ0n) is 8.34. The van der Waals surface area contributed by atoms with Gasteiger partial charge in [0.05, 0.1) is 12.7 Å². The summed E-state index contributed by atoms with van der Waals surface area (Å²) >= 11 is 5.50. The molecule has 0 bridgehead atoms. The predicted molar refractivity (Wildman–Crippen MR) is 54.5 cm³/mol. The molecule has 1 rings (SSSR count). The average Bonchev–Trinajstić information content (AvgIpc) is 2.26. The Kier molecular flexibility index (Phi) is 4.00. The monoisotopic (exact) mass is 250 g/mol. The van der Waals surface area contributed by atoms with Crippen molar-refractivity contribution in [3.8, 4) is 0 Å². The van der Waals surface area contributed by atoms with E-state index in [4.69, 9.17) is 17.3 Å². The first-order valence-electron chi connectivity index (χ1n) is 4.23. The van der Waals surface area contributed by atoms with Crippen molar-refractivity contribution in [2.45, 2.75) is 12.3 Å². The van der Waals surface area contributed by atoms with Crippen molar-refractivity contribution >= 4 is 23.4 Å². The van der Waals surface area contributed by atoms with Crippen molar-refractivity contribution < 1.29 is 18.3 Å². The molecular formula is C9H9ClF2N2O2. The zero-order chi connectivity index (χ0) is 12.3. The van der Waals surface area contributed by atoms with Gasteiger partial charge in [-0.05, 0) is 11.6 Å². The highest BCUT2D eigenvalue weighted by Crippen LogP contribution is 2.29. The summed E-state index contributed by atoms with van der Waals surface area (Å²) in [6, 6.07) is 1.15. The number of pyridine rings is 1. The largest absolute Gasteiger partial charge is 0.464 e. The molecule has 0 aromatic carbocycles. The average molecular weight is 251 g/mol. The Morgan fingerprint density at radius 1 is 1.69 bits per heavy atom. The van der Waals surface area contributed by atoms with Crippen LogP contribution in [0.4, 0.5) is 14.6 Å². The fourth-order valence-corrected chi connectivity index (χ4v) is 1.42. The third-order valence-electron chi connectivity index (χ3n) is 1.93. The van der Waals surface area contributed by atoms with Gasteiger partial charge >= 0.3 is 5.97 Å². The molecule has 0 radical (unpaired) electrons. The fraction of sp³-hybridized carbons (Fsp3) is 0.333. The Labute approximate surface area is 95.4 Å². The van der Waals surface area contributed by atoms with Crippen LogP contribution in [0.25, 0.3) is 0 Å². The van der Waals surface area contributed by atoms with Gasteiger partial charge < -0.3 is 10.5 Å². The standard InChI is InChI=1S/C9H9ClF2N2O2/c1-16-9(15)5-2-4(3-10)6(7(11)12)8(13)14-5/h2,7H,3H2,1H3,(H2,13,14). The van der Waals surface area contributed by atoms with Crippen LogP contribution < -0.4 is 5.73 Å². The van der Waals surface area contributed by atoms with Crippen LogP contribution in [0.5, 0.6) is 0 Å². The minimum Gasteiger partial charge on any atom is -0.464 e. The number of methoxy groups -OCH3 is 1. The lowest BCUT2D eigenvalue weighted by molar-refractivity contribution is 0.0593. The highest BCUT2D eigenvalue weighted by molar-refractivity contribution is 6.17. The van der Waals surface area contributed by atoms with Crippen molar-refractivity contribution in [2.24, 2.45) is 0 Å². The maximum Gasteiger partial charge on any atom is 0.356 e. The third-order valence-corrected chi connectivity index (χ3v) is 2.22. The summed E-state index contributed by atoms with van der Waals surface area (Å²) in [6.07, 6.45) is -2.78. The molecule has 2 N–H and O–H groups in total. The maximum atomic E-state index is 12.6. The topological polar surface area (TPSA) is 65.2 Å². The van der Waals surface area contributed by atoms with E-state index in [9.17, 15) is 13.6 Å². The number of carbonyl (C=O) groups excluding carboxylic acids is 1. The van der Waals surface area contributed by atoms with Crippen molar-refractivity contribution in [1.29, 1.82) is 0 Å². The number of halogens is 3. The highest BCUT2D eigenvalue weighted by Gasteiger charge is 2.20. The van der Waals surface area contributed by atoms with Crippen LogP contribution in [0.1, 0.15) is 28.0 Å². The molecule has 16 heavy (non-hydrogen) atoms. The zero-order valence-corrected chi connectivity index (χ0v) is 9.09. The molecule has 0 aliphatic carbocycles. The molecule has 1 aromatic heterocycles.